The SMILES string of the molecule is [C-]#[N+]c1csc(C(=O)N[C@@H](c2ccc(Cl)cc2)c2ccc(Cl)cn2)c1. The zero-order chi connectivity index (χ0) is 17.8. The smallest absolute Gasteiger partial charge is 0.260 e. The molecule has 1 aromatic carbocycles. The standard InChI is InChI=1S/C18H11Cl2N3OS/c1-21-14-8-16(25-10-14)18(24)23-17(11-2-4-12(19)5-3-11)15-7-6-13(20)9-22-15/h2-10,17H,(H,23,24)/t17-/m0/s1. The Morgan fingerprint density at radius 2 is 1.88 bits per heavy atom. The summed E-state index contributed by atoms with van der Waals surface area (Å²) in [6, 6.07) is 11.8. The molecule has 0 radical (unpaired) electrons. The Kier molecular flexibility index (Phi) is 5.34. The molecular formula is C18H11Cl2N3OS. The fourth-order valence-corrected chi connectivity index (χ4v) is 3.21. The number of carbonyl (C=O) groups is 1. The van der Waals surface area contributed by atoms with Crippen molar-refractivity contribution in [3.05, 3.63) is 91.6 Å². The predicted octanol–water partition coefficient (Wildman–Crippen LogP) is 5.52. The summed E-state index contributed by atoms with van der Waals surface area (Å²) < 4.78 is 0. The van der Waals surface area contributed by atoms with E-state index in [1.165, 1.54) is 17.5 Å². The van der Waals surface area contributed by atoms with Crippen molar-refractivity contribution < 1.29 is 4.79 Å². The molecular weight excluding hydrogens is 377 g/mol. The zero-order valence-corrected chi connectivity index (χ0v) is 15.1. The van der Waals surface area contributed by atoms with Gasteiger partial charge in [0.25, 0.3) is 5.91 Å². The van der Waals surface area contributed by atoms with Crippen LogP contribution >= 0.6 is 34.5 Å². The summed E-state index contributed by atoms with van der Waals surface area (Å²) in [6.07, 6.45) is 1.54. The van der Waals surface area contributed by atoms with E-state index in [4.69, 9.17) is 29.8 Å². The first kappa shape index (κ1) is 17.4. The number of hydrogen-bond donors (Lipinski definition) is 1. The van der Waals surface area contributed by atoms with Crippen molar-refractivity contribution in [1.29, 1.82) is 0 Å². The summed E-state index contributed by atoms with van der Waals surface area (Å²) in [6.45, 7) is 7.01. The van der Waals surface area contributed by atoms with Gasteiger partial charge in [-0.15, -0.1) is 0 Å². The molecule has 1 atom stereocenters. The molecule has 1 N–H and O–H groups in total. The Hall–Kier alpha value is -2.39. The number of nitrogens with zero attached hydrogens (tertiary/aromatic N) is 2. The molecule has 0 aliphatic heterocycles. The molecule has 4 nitrogen and oxygen atoms in total. The van der Waals surface area contributed by atoms with Gasteiger partial charge < -0.3 is 5.32 Å². The monoisotopic (exact) mass is 387 g/mol. The van der Waals surface area contributed by atoms with Gasteiger partial charge in [0.1, 0.15) is 0 Å². The second-order valence-corrected chi connectivity index (χ2v) is 6.92. The minimum absolute atomic E-state index is 0.267. The quantitative estimate of drug-likeness (QED) is 0.598. The first-order valence-electron chi connectivity index (χ1n) is 7.20. The third kappa shape index (κ3) is 4.18. The van der Waals surface area contributed by atoms with Gasteiger partial charge in [0.2, 0.25) is 0 Å². The van der Waals surface area contributed by atoms with Gasteiger partial charge in [-0.25, -0.2) is 4.85 Å². The van der Waals surface area contributed by atoms with E-state index in [1.807, 2.05) is 12.1 Å². The average molecular weight is 388 g/mol. The van der Waals surface area contributed by atoms with Gasteiger partial charge in [0.05, 0.1) is 28.2 Å². The normalized spacial score (nSPS) is 11.6. The number of aromatic nitrogens is 1. The molecule has 1 amide bonds. The Bertz CT molecular complexity index is 885. The van der Waals surface area contributed by atoms with Crippen molar-refractivity contribution in [2.24, 2.45) is 0 Å². The maximum absolute atomic E-state index is 12.6. The second-order valence-electron chi connectivity index (χ2n) is 5.14. The van der Waals surface area contributed by atoms with E-state index in [1.54, 1.807) is 35.7 Å². The maximum Gasteiger partial charge on any atom is 0.260 e. The number of thiophene rings is 1. The Labute approximate surface area is 158 Å². The minimum atomic E-state index is -0.458. The summed E-state index contributed by atoms with van der Waals surface area (Å²) in [5, 5.41) is 5.74. The lowest BCUT2D eigenvalue weighted by Crippen LogP contribution is -2.29. The van der Waals surface area contributed by atoms with Crippen LogP contribution in [-0.4, -0.2) is 10.9 Å². The molecule has 0 unspecified atom stereocenters. The van der Waals surface area contributed by atoms with E-state index in [9.17, 15) is 4.79 Å². The molecule has 2 heterocycles. The lowest BCUT2D eigenvalue weighted by atomic mass is 10.0. The number of nitrogens with one attached hydrogen (secondary N) is 1. The van der Waals surface area contributed by atoms with Crippen LogP contribution < -0.4 is 5.32 Å². The minimum Gasteiger partial charge on any atom is -0.339 e. The number of pyridine rings is 1. The molecule has 0 saturated carbocycles. The van der Waals surface area contributed by atoms with Gasteiger partial charge in [-0.1, -0.05) is 35.3 Å². The van der Waals surface area contributed by atoms with Crippen LogP contribution in [0.2, 0.25) is 10.0 Å². The molecule has 0 aliphatic carbocycles. The van der Waals surface area contributed by atoms with Crippen molar-refractivity contribution in [3.63, 3.8) is 0 Å². The van der Waals surface area contributed by atoms with E-state index in [0.29, 0.717) is 26.3 Å². The highest BCUT2D eigenvalue weighted by Gasteiger charge is 2.20. The van der Waals surface area contributed by atoms with Crippen molar-refractivity contribution in [3.8, 4) is 0 Å². The number of halogens is 2. The highest BCUT2D eigenvalue weighted by molar-refractivity contribution is 7.12. The third-order valence-corrected chi connectivity index (χ3v) is 4.86. The van der Waals surface area contributed by atoms with Gasteiger partial charge in [-0.2, -0.15) is 11.3 Å². The Morgan fingerprint density at radius 1 is 1.16 bits per heavy atom. The van der Waals surface area contributed by atoms with Gasteiger partial charge in [0.15, 0.2) is 5.69 Å². The first-order valence-corrected chi connectivity index (χ1v) is 8.84. The highest BCUT2D eigenvalue weighted by atomic mass is 35.5. The van der Waals surface area contributed by atoms with Gasteiger partial charge in [-0.3, -0.25) is 9.78 Å². The summed E-state index contributed by atoms with van der Waals surface area (Å²) in [4.78, 5) is 20.7. The van der Waals surface area contributed by atoms with Gasteiger partial charge in [-0.05, 0) is 41.3 Å². The lowest BCUT2D eigenvalue weighted by molar-refractivity contribution is 0.0946. The van der Waals surface area contributed by atoms with E-state index < -0.39 is 6.04 Å². The molecule has 2 aromatic heterocycles. The van der Waals surface area contributed by atoms with E-state index in [-0.39, 0.29) is 5.91 Å². The Balaban J connectivity index is 1.93. The molecule has 0 saturated heterocycles. The van der Waals surface area contributed by atoms with Crippen LogP contribution in [-0.2, 0) is 0 Å². The van der Waals surface area contributed by atoms with Crippen molar-refractivity contribution in [2.45, 2.75) is 6.04 Å². The van der Waals surface area contributed by atoms with Crippen molar-refractivity contribution in [1.82, 2.24) is 10.3 Å². The molecule has 3 aromatic rings. The molecule has 0 spiro atoms. The predicted molar refractivity (Wildman–Crippen MR) is 101 cm³/mol. The van der Waals surface area contributed by atoms with Crippen LogP contribution in [0.15, 0.2) is 54.0 Å². The summed E-state index contributed by atoms with van der Waals surface area (Å²) >= 11 is 13.1. The average Bonchev–Trinajstić information content (AvgIpc) is 3.11. The summed E-state index contributed by atoms with van der Waals surface area (Å²) in [7, 11) is 0. The van der Waals surface area contributed by atoms with Gasteiger partial charge in [0, 0.05) is 11.2 Å². The topological polar surface area (TPSA) is 46.4 Å². The summed E-state index contributed by atoms with van der Waals surface area (Å²) in [5.41, 5.74) is 1.94. The lowest BCUT2D eigenvalue weighted by Gasteiger charge is -2.19. The molecule has 7 heteroatoms. The van der Waals surface area contributed by atoms with E-state index >= 15 is 0 Å². The first-order chi connectivity index (χ1) is 12.1. The van der Waals surface area contributed by atoms with E-state index in [2.05, 4.69) is 15.1 Å². The zero-order valence-electron chi connectivity index (χ0n) is 12.7. The molecule has 124 valence electrons. The van der Waals surface area contributed by atoms with Crippen LogP contribution in [0.25, 0.3) is 4.85 Å². The fraction of sp³-hybridized carbons (Fsp3) is 0.0556. The van der Waals surface area contributed by atoms with Crippen LogP contribution in [0.5, 0.6) is 0 Å². The third-order valence-electron chi connectivity index (χ3n) is 3.46. The number of carbonyl (C=O) groups excluding carboxylic acids is 1. The van der Waals surface area contributed by atoms with Crippen LogP contribution in [0, 0.1) is 6.57 Å². The van der Waals surface area contributed by atoms with Gasteiger partial charge >= 0.3 is 0 Å². The number of rotatable bonds is 4. The van der Waals surface area contributed by atoms with E-state index in [0.717, 1.165) is 5.56 Å². The molecule has 0 aliphatic rings. The van der Waals surface area contributed by atoms with Crippen molar-refractivity contribution in [2.75, 3.05) is 0 Å². The van der Waals surface area contributed by atoms with Crippen LogP contribution in [0.3, 0.4) is 0 Å². The molecule has 3 rings (SSSR count). The maximum atomic E-state index is 12.6. The molecule has 0 bridgehead atoms. The van der Waals surface area contributed by atoms with Crippen LogP contribution in [0.1, 0.15) is 27.0 Å². The molecule has 0 fully saturated rings. The van der Waals surface area contributed by atoms with Crippen molar-refractivity contribution >= 4 is 46.1 Å². The Morgan fingerprint density at radius 3 is 2.48 bits per heavy atom. The fourth-order valence-electron chi connectivity index (χ4n) is 2.25. The largest absolute Gasteiger partial charge is 0.339 e. The highest BCUT2D eigenvalue weighted by Crippen LogP contribution is 2.26. The summed E-state index contributed by atoms with van der Waals surface area (Å²) in [5.74, 6) is -0.267. The number of hydrogen-bond acceptors (Lipinski definition) is 3. The molecule has 25 heavy (non-hydrogen) atoms. The second kappa shape index (κ2) is 7.66. The van der Waals surface area contributed by atoms with Crippen LogP contribution in [0.4, 0.5) is 5.69 Å². The number of benzene rings is 1. The number of amides is 1.